The van der Waals surface area contributed by atoms with Crippen molar-refractivity contribution in [3.05, 3.63) is 64.1 Å². The second kappa shape index (κ2) is 10.7. The Bertz CT molecular complexity index is 823. The van der Waals surface area contributed by atoms with Gasteiger partial charge in [0.2, 0.25) is 0 Å². The molecule has 2 rings (SSSR count). The molecule has 2 aromatic rings. The Morgan fingerprint density at radius 3 is 2.14 bits per heavy atom. The topological polar surface area (TPSA) is 84.5 Å². The lowest BCUT2D eigenvalue weighted by Crippen LogP contribution is -2.30. The molecule has 1 atom stereocenters. The van der Waals surface area contributed by atoms with E-state index in [-0.39, 0.29) is 12.3 Å². The van der Waals surface area contributed by atoms with Crippen molar-refractivity contribution in [2.45, 2.75) is 25.9 Å². The van der Waals surface area contributed by atoms with E-state index < -0.39 is 18.0 Å². The molecule has 0 saturated carbocycles. The fourth-order valence-corrected chi connectivity index (χ4v) is 2.48. The van der Waals surface area contributed by atoms with Gasteiger partial charge in [-0.05, 0) is 61.9 Å². The molecule has 0 aliphatic rings. The molecule has 0 aromatic heterocycles. The highest BCUT2D eigenvalue weighted by Gasteiger charge is 2.17. The number of ether oxygens (including phenoxy) is 1. The van der Waals surface area contributed by atoms with E-state index in [1.807, 2.05) is 0 Å². The summed E-state index contributed by atoms with van der Waals surface area (Å²) in [6.07, 6.45) is -0.463. The third-order valence-electron chi connectivity index (χ3n) is 3.74. The van der Waals surface area contributed by atoms with Crippen LogP contribution in [-0.2, 0) is 14.3 Å². The minimum atomic E-state index is -0.938. The molecule has 0 bridgehead atoms. The number of hydrogen-bond donors (Lipinski definition) is 2. The predicted octanol–water partition coefficient (Wildman–Crippen LogP) is 4.07. The predicted molar refractivity (Wildman–Crippen MR) is 109 cm³/mol. The molecule has 6 nitrogen and oxygen atoms in total. The van der Waals surface area contributed by atoms with E-state index >= 15 is 0 Å². The lowest BCUT2D eigenvalue weighted by atomic mass is 10.2. The molecule has 2 aromatic carbocycles. The lowest BCUT2D eigenvalue weighted by molar-refractivity contribution is -0.153. The van der Waals surface area contributed by atoms with Crippen molar-refractivity contribution in [2.75, 3.05) is 11.9 Å². The summed E-state index contributed by atoms with van der Waals surface area (Å²) in [6, 6.07) is 13.1. The molecular formula is C20H20Cl2N2O4. The molecule has 0 radical (unpaired) electrons. The van der Waals surface area contributed by atoms with E-state index in [4.69, 9.17) is 27.9 Å². The summed E-state index contributed by atoms with van der Waals surface area (Å²) < 4.78 is 5.11. The molecule has 28 heavy (non-hydrogen) atoms. The number of nitrogens with one attached hydrogen (secondary N) is 2. The van der Waals surface area contributed by atoms with Crippen molar-refractivity contribution in [1.29, 1.82) is 0 Å². The molecule has 0 aliphatic heterocycles. The van der Waals surface area contributed by atoms with E-state index in [9.17, 15) is 14.4 Å². The van der Waals surface area contributed by atoms with Crippen molar-refractivity contribution in [3.8, 4) is 0 Å². The number of esters is 1. The van der Waals surface area contributed by atoms with Crippen LogP contribution in [0.1, 0.15) is 30.1 Å². The van der Waals surface area contributed by atoms with Crippen molar-refractivity contribution >= 4 is 46.7 Å². The Balaban J connectivity index is 1.67. The van der Waals surface area contributed by atoms with Gasteiger partial charge in [-0.25, -0.2) is 0 Å². The molecule has 0 spiro atoms. The standard InChI is InChI=1S/C20H20Cl2N2O4/c1-13(19(26)24-17-10-8-16(22)9-11-17)28-18(25)3-2-12-23-20(27)14-4-6-15(21)7-5-14/h4-11,13H,2-3,12H2,1H3,(H,23,27)(H,24,26). The fraction of sp³-hybridized carbons (Fsp3) is 0.250. The van der Waals surface area contributed by atoms with Crippen molar-refractivity contribution in [2.24, 2.45) is 0 Å². The third kappa shape index (κ3) is 7.21. The van der Waals surface area contributed by atoms with E-state index in [1.54, 1.807) is 48.5 Å². The van der Waals surface area contributed by atoms with Crippen LogP contribution < -0.4 is 10.6 Å². The van der Waals surface area contributed by atoms with Gasteiger partial charge in [0.05, 0.1) is 0 Å². The van der Waals surface area contributed by atoms with Gasteiger partial charge in [-0.2, -0.15) is 0 Å². The molecule has 1 unspecified atom stereocenters. The first-order valence-corrected chi connectivity index (χ1v) is 9.40. The fourth-order valence-electron chi connectivity index (χ4n) is 2.22. The number of carbonyl (C=O) groups excluding carboxylic acids is 3. The maximum absolute atomic E-state index is 12.0. The van der Waals surface area contributed by atoms with Gasteiger partial charge >= 0.3 is 5.97 Å². The highest BCUT2D eigenvalue weighted by molar-refractivity contribution is 6.31. The maximum atomic E-state index is 12.0. The molecule has 148 valence electrons. The molecule has 0 heterocycles. The summed E-state index contributed by atoms with van der Waals surface area (Å²) in [5, 5.41) is 6.45. The summed E-state index contributed by atoms with van der Waals surface area (Å²) in [5.41, 5.74) is 1.04. The summed E-state index contributed by atoms with van der Waals surface area (Å²) in [4.78, 5) is 35.8. The highest BCUT2D eigenvalue weighted by atomic mass is 35.5. The molecular weight excluding hydrogens is 403 g/mol. The van der Waals surface area contributed by atoms with E-state index in [0.717, 1.165) is 0 Å². The maximum Gasteiger partial charge on any atom is 0.306 e. The second-order valence-electron chi connectivity index (χ2n) is 5.99. The summed E-state index contributed by atoms with van der Waals surface area (Å²) in [6.45, 7) is 1.80. The van der Waals surface area contributed by atoms with E-state index in [2.05, 4.69) is 10.6 Å². The minimum Gasteiger partial charge on any atom is -0.453 e. The molecule has 8 heteroatoms. The van der Waals surface area contributed by atoms with Gasteiger partial charge in [0.25, 0.3) is 11.8 Å². The third-order valence-corrected chi connectivity index (χ3v) is 4.24. The van der Waals surface area contributed by atoms with Crippen LogP contribution in [0, 0.1) is 0 Å². The van der Waals surface area contributed by atoms with Crippen molar-refractivity contribution in [3.63, 3.8) is 0 Å². The number of amides is 2. The largest absolute Gasteiger partial charge is 0.453 e. The summed E-state index contributed by atoms with van der Waals surface area (Å²) in [7, 11) is 0. The van der Waals surface area contributed by atoms with Gasteiger partial charge in [0.15, 0.2) is 6.10 Å². The van der Waals surface area contributed by atoms with Gasteiger partial charge in [-0.3, -0.25) is 14.4 Å². The summed E-state index contributed by atoms with van der Waals surface area (Å²) in [5.74, 6) is -1.20. The lowest BCUT2D eigenvalue weighted by Gasteiger charge is -2.13. The first-order valence-electron chi connectivity index (χ1n) is 8.65. The number of anilines is 1. The Hall–Kier alpha value is -2.57. The van der Waals surface area contributed by atoms with Crippen LogP contribution in [0.5, 0.6) is 0 Å². The average molecular weight is 423 g/mol. The van der Waals surface area contributed by atoms with Crippen LogP contribution in [0.2, 0.25) is 10.0 Å². The van der Waals surface area contributed by atoms with Gasteiger partial charge < -0.3 is 15.4 Å². The van der Waals surface area contributed by atoms with Crippen LogP contribution in [-0.4, -0.2) is 30.4 Å². The first-order chi connectivity index (χ1) is 13.3. The molecule has 2 N–H and O–H groups in total. The van der Waals surface area contributed by atoms with E-state index in [0.29, 0.717) is 34.3 Å². The molecule has 0 saturated heterocycles. The molecule has 0 aliphatic carbocycles. The van der Waals surface area contributed by atoms with Gasteiger partial charge in [-0.15, -0.1) is 0 Å². The highest BCUT2D eigenvalue weighted by Crippen LogP contribution is 2.14. The van der Waals surface area contributed by atoms with Crippen LogP contribution in [0.3, 0.4) is 0 Å². The Morgan fingerprint density at radius 2 is 1.54 bits per heavy atom. The summed E-state index contributed by atoms with van der Waals surface area (Å²) >= 11 is 11.6. The normalized spacial score (nSPS) is 11.4. The molecule has 2 amide bonds. The van der Waals surface area contributed by atoms with Crippen LogP contribution >= 0.6 is 23.2 Å². The zero-order valence-corrected chi connectivity index (χ0v) is 16.7. The second-order valence-corrected chi connectivity index (χ2v) is 6.87. The Morgan fingerprint density at radius 1 is 0.964 bits per heavy atom. The molecule has 0 fully saturated rings. The number of rotatable bonds is 8. The minimum absolute atomic E-state index is 0.0828. The number of halogens is 2. The Kier molecular flexibility index (Phi) is 8.29. The number of benzene rings is 2. The van der Waals surface area contributed by atoms with Gasteiger partial charge in [0, 0.05) is 34.3 Å². The van der Waals surface area contributed by atoms with Crippen molar-refractivity contribution in [1.82, 2.24) is 5.32 Å². The van der Waals surface area contributed by atoms with Crippen molar-refractivity contribution < 1.29 is 19.1 Å². The van der Waals surface area contributed by atoms with Gasteiger partial charge in [0.1, 0.15) is 0 Å². The van der Waals surface area contributed by atoms with Crippen LogP contribution in [0.15, 0.2) is 48.5 Å². The van der Waals surface area contributed by atoms with E-state index in [1.165, 1.54) is 6.92 Å². The first kappa shape index (κ1) is 21.7. The van der Waals surface area contributed by atoms with Crippen LogP contribution in [0.4, 0.5) is 5.69 Å². The average Bonchev–Trinajstić information content (AvgIpc) is 2.67. The monoisotopic (exact) mass is 422 g/mol. The number of carbonyl (C=O) groups is 3. The smallest absolute Gasteiger partial charge is 0.306 e. The zero-order valence-electron chi connectivity index (χ0n) is 15.2. The Labute approximate surface area is 173 Å². The van der Waals surface area contributed by atoms with Gasteiger partial charge in [-0.1, -0.05) is 23.2 Å². The van der Waals surface area contributed by atoms with Crippen LogP contribution in [0.25, 0.3) is 0 Å². The SMILES string of the molecule is CC(OC(=O)CCCNC(=O)c1ccc(Cl)cc1)C(=O)Nc1ccc(Cl)cc1. The quantitative estimate of drug-likeness (QED) is 0.495. The number of hydrogen-bond acceptors (Lipinski definition) is 4. The zero-order chi connectivity index (χ0) is 20.5.